The summed E-state index contributed by atoms with van der Waals surface area (Å²) in [6, 6.07) is 5.27. The highest BCUT2D eigenvalue weighted by atomic mass is 32.2. The SMILES string of the molecule is C=CS(=O)(=O)c1ccc(NF)cc1. The zero-order chi connectivity index (χ0) is 9.90. The lowest BCUT2D eigenvalue weighted by atomic mass is 10.3. The van der Waals surface area contributed by atoms with E-state index in [9.17, 15) is 12.9 Å². The quantitative estimate of drug-likeness (QED) is 0.760. The van der Waals surface area contributed by atoms with E-state index in [1.165, 1.54) is 29.8 Å². The van der Waals surface area contributed by atoms with Crippen LogP contribution in [-0.2, 0) is 9.84 Å². The summed E-state index contributed by atoms with van der Waals surface area (Å²) in [4.78, 5) is 0.0986. The van der Waals surface area contributed by atoms with Gasteiger partial charge in [-0.2, -0.15) is 0 Å². The minimum atomic E-state index is -3.41. The lowest BCUT2D eigenvalue weighted by Gasteiger charge is -1.99. The Kier molecular flexibility index (Phi) is 2.67. The molecule has 1 aromatic carbocycles. The molecule has 0 heterocycles. The van der Waals surface area contributed by atoms with Gasteiger partial charge in [-0.25, -0.2) is 14.0 Å². The molecule has 1 N–H and O–H groups in total. The molecule has 1 rings (SSSR count). The molecule has 0 spiro atoms. The van der Waals surface area contributed by atoms with E-state index < -0.39 is 9.84 Å². The Labute approximate surface area is 75.7 Å². The Bertz CT molecular complexity index is 397. The molecule has 0 bridgehead atoms. The third kappa shape index (κ3) is 2.06. The highest BCUT2D eigenvalue weighted by molar-refractivity contribution is 7.94. The monoisotopic (exact) mass is 201 g/mol. The molecule has 0 fully saturated rings. The van der Waals surface area contributed by atoms with Crippen molar-refractivity contribution in [3.63, 3.8) is 0 Å². The van der Waals surface area contributed by atoms with Crippen molar-refractivity contribution in [2.45, 2.75) is 4.90 Å². The van der Waals surface area contributed by atoms with Crippen molar-refractivity contribution in [1.82, 2.24) is 0 Å². The number of hydrogen-bond donors (Lipinski definition) is 1. The van der Waals surface area contributed by atoms with Gasteiger partial charge in [0.05, 0.1) is 10.6 Å². The molecule has 3 nitrogen and oxygen atoms in total. The molecule has 0 radical (unpaired) electrons. The van der Waals surface area contributed by atoms with Crippen LogP contribution in [-0.4, -0.2) is 8.42 Å². The van der Waals surface area contributed by atoms with Gasteiger partial charge < -0.3 is 0 Å². The van der Waals surface area contributed by atoms with Crippen LogP contribution in [0.4, 0.5) is 10.2 Å². The van der Waals surface area contributed by atoms with Gasteiger partial charge in [-0.05, 0) is 24.3 Å². The van der Waals surface area contributed by atoms with E-state index in [4.69, 9.17) is 0 Å². The Morgan fingerprint density at radius 3 is 2.23 bits per heavy atom. The van der Waals surface area contributed by atoms with Crippen molar-refractivity contribution in [3.8, 4) is 0 Å². The zero-order valence-corrected chi connectivity index (χ0v) is 7.51. The van der Waals surface area contributed by atoms with Gasteiger partial charge in [0.25, 0.3) is 0 Å². The number of benzene rings is 1. The number of nitrogens with one attached hydrogen (secondary N) is 1. The van der Waals surface area contributed by atoms with Gasteiger partial charge in [0.2, 0.25) is 0 Å². The Hall–Kier alpha value is -1.36. The normalized spacial score (nSPS) is 10.8. The van der Waals surface area contributed by atoms with Crippen LogP contribution in [0.3, 0.4) is 0 Å². The Morgan fingerprint density at radius 1 is 1.31 bits per heavy atom. The topological polar surface area (TPSA) is 46.2 Å². The molecule has 70 valence electrons. The van der Waals surface area contributed by atoms with Gasteiger partial charge in [0, 0.05) is 5.41 Å². The van der Waals surface area contributed by atoms with E-state index in [0.717, 1.165) is 5.41 Å². The first kappa shape index (κ1) is 9.73. The van der Waals surface area contributed by atoms with Gasteiger partial charge in [-0.3, -0.25) is 0 Å². The summed E-state index contributed by atoms with van der Waals surface area (Å²) >= 11 is 0. The molecule has 5 heteroatoms. The highest BCUT2D eigenvalue weighted by Gasteiger charge is 2.07. The van der Waals surface area contributed by atoms with Crippen molar-refractivity contribution in [1.29, 1.82) is 0 Å². The summed E-state index contributed by atoms with van der Waals surface area (Å²) in [5, 5.41) is 0.852. The molecular formula is C8H8FNO2S. The second-order valence-corrected chi connectivity index (χ2v) is 4.23. The Morgan fingerprint density at radius 2 is 1.85 bits per heavy atom. The van der Waals surface area contributed by atoms with E-state index >= 15 is 0 Å². The van der Waals surface area contributed by atoms with Crippen LogP contribution < -0.4 is 5.54 Å². The molecule has 0 amide bonds. The maximum Gasteiger partial charge on any atom is 0.199 e. The number of sulfone groups is 1. The standard InChI is InChI=1S/C8H8FNO2S/c1-2-13(11,12)8-5-3-7(10-9)4-6-8/h2-6,10H,1H2. The van der Waals surface area contributed by atoms with Crippen molar-refractivity contribution in [2.24, 2.45) is 0 Å². The van der Waals surface area contributed by atoms with E-state index in [0.29, 0.717) is 0 Å². The minimum Gasteiger partial charge on any atom is -0.225 e. The predicted octanol–water partition coefficient (Wildman–Crippen LogP) is 1.90. The number of hydrogen-bond acceptors (Lipinski definition) is 3. The molecule has 13 heavy (non-hydrogen) atoms. The van der Waals surface area contributed by atoms with Crippen LogP contribution in [0.15, 0.2) is 41.1 Å². The summed E-state index contributed by atoms with van der Waals surface area (Å²) in [7, 11) is -3.41. The van der Waals surface area contributed by atoms with Gasteiger partial charge in [0.1, 0.15) is 0 Å². The molecular weight excluding hydrogens is 193 g/mol. The fraction of sp³-hybridized carbons (Fsp3) is 0. The fourth-order valence-corrected chi connectivity index (χ4v) is 1.51. The van der Waals surface area contributed by atoms with Crippen molar-refractivity contribution >= 4 is 15.5 Å². The molecule has 0 saturated heterocycles. The minimum absolute atomic E-state index is 0.0986. The van der Waals surface area contributed by atoms with Crippen LogP contribution in [0.5, 0.6) is 0 Å². The maximum atomic E-state index is 11.8. The van der Waals surface area contributed by atoms with Crippen molar-refractivity contribution < 1.29 is 12.9 Å². The predicted molar refractivity (Wildman–Crippen MR) is 48.6 cm³/mol. The summed E-state index contributed by atoms with van der Waals surface area (Å²) in [5.41, 5.74) is 1.61. The van der Waals surface area contributed by atoms with Crippen molar-refractivity contribution in [3.05, 3.63) is 36.3 Å². The maximum absolute atomic E-state index is 11.8. The third-order valence-electron chi connectivity index (χ3n) is 1.51. The first-order valence-electron chi connectivity index (χ1n) is 3.44. The largest absolute Gasteiger partial charge is 0.225 e. The molecule has 0 atom stereocenters. The summed E-state index contributed by atoms with van der Waals surface area (Å²) in [5.74, 6) is 0. The summed E-state index contributed by atoms with van der Waals surface area (Å²) in [6.45, 7) is 3.17. The number of anilines is 1. The molecule has 0 aromatic heterocycles. The van der Waals surface area contributed by atoms with Gasteiger partial charge in [-0.1, -0.05) is 6.58 Å². The molecule has 1 aromatic rings. The van der Waals surface area contributed by atoms with E-state index in [1.807, 2.05) is 0 Å². The van der Waals surface area contributed by atoms with Gasteiger partial charge in [0.15, 0.2) is 9.84 Å². The van der Waals surface area contributed by atoms with Crippen LogP contribution in [0.2, 0.25) is 0 Å². The highest BCUT2D eigenvalue weighted by Crippen LogP contribution is 2.15. The number of rotatable bonds is 3. The molecule has 0 saturated carbocycles. The zero-order valence-electron chi connectivity index (χ0n) is 6.70. The average Bonchev–Trinajstić information content (AvgIpc) is 2.18. The number of halogens is 1. The van der Waals surface area contributed by atoms with Gasteiger partial charge in [-0.15, -0.1) is 4.48 Å². The van der Waals surface area contributed by atoms with E-state index in [-0.39, 0.29) is 10.6 Å². The van der Waals surface area contributed by atoms with Crippen molar-refractivity contribution in [2.75, 3.05) is 5.54 Å². The van der Waals surface area contributed by atoms with Crippen LogP contribution in [0.25, 0.3) is 0 Å². The van der Waals surface area contributed by atoms with Crippen LogP contribution in [0.1, 0.15) is 0 Å². The second kappa shape index (κ2) is 3.57. The fourth-order valence-electron chi connectivity index (χ4n) is 0.804. The molecule has 0 aliphatic carbocycles. The van der Waals surface area contributed by atoms with Crippen LogP contribution in [0, 0.1) is 0 Å². The van der Waals surface area contributed by atoms with E-state index in [2.05, 4.69) is 6.58 Å². The molecule has 0 unspecified atom stereocenters. The first-order chi connectivity index (χ1) is 6.10. The second-order valence-electron chi connectivity index (χ2n) is 2.33. The smallest absolute Gasteiger partial charge is 0.199 e. The third-order valence-corrected chi connectivity index (χ3v) is 2.88. The average molecular weight is 201 g/mol. The summed E-state index contributed by atoms with van der Waals surface area (Å²) < 4.78 is 34.2. The van der Waals surface area contributed by atoms with E-state index in [1.54, 1.807) is 0 Å². The lowest BCUT2D eigenvalue weighted by molar-refractivity contribution is 0.604. The van der Waals surface area contributed by atoms with Gasteiger partial charge >= 0.3 is 0 Å². The van der Waals surface area contributed by atoms with Crippen LogP contribution >= 0.6 is 0 Å². The molecule has 0 aliphatic rings. The lowest BCUT2D eigenvalue weighted by Crippen LogP contribution is -1.95. The summed E-state index contributed by atoms with van der Waals surface area (Å²) in [6.07, 6.45) is 0. The molecule has 0 aliphatic heterocycles. The first-order valence-corrected chi connectivity index (χ1v) is 4.99. The Balaban J connectivity index is 3.13.